The molecule has 0 spiro atoms. The summed E-state index contributed by atoms with van der Waals surface area (Å²) in [6.45, 7) is 6.27. The van der Waals surface area contributed by atoms with Gasteiger partial charge in [0.2, 0.25) is 5.91 Å². The summed E-state index contributed by atoms with van der Waals surface area (Å²) in [5, 5.41) is 12.7. The predicted molar refractivity (Wildman–Crippen MR) is 119 cm³/mol. The van der Waals surface area contributed by atoms with Crippen molar-refractivity contribution in [2.24, 2.45) is 0 Å². The number of nitrogens with zero attached hydrogens (tertiary/aromatic N) is 3. The van der Waals surface area contributed by atoms with Gasteiger partial charge in [-0.1, -0.05) is 57.5 Å². The molecule has 2 aromatic carbocycles. The van der Waals surface area contributed by atoms with Crippen LogP contribution in [0.4, 0.5) is 5.69 Å². The number of hydrogen-bond donors (Lipinski definition) is 1. The normalized spacial score (nSPS) is 10.7. The second kappa shape index (κ2) is 9.41. The van der Waals surface area contributed by atoms with Crippen molar-refractivity contribution in [2.75, 3.05) is 11.1 Å². The second-order valence-corrected chi connectivity index (χ2v) is 8.25. The molecule has 3 aromatic rings. The van der Waals surface area contributed by atoms with Crippen molar-refractivity contribution in [3.8, 4) is 11.4 Å². The lowest BCUT2D eigenvalue weighted by Gasteiger charge is -2.10. The van der Waals surface area contributed by atoms with Crippen molar-refractivity contribution in [1.82, 2.24) is 14.8 Å². The maximum absolute atomic E-state index is 12.4. The number of rotatable bonds is 7. The Hall–Kier alpha value is -2.09. The summed E-state index contributed by atoms with van der Waals surface area (Å²) in [6.07, 6.45) is 1.76. The van der Waals surface area contributed by atoms with Crippen LogP contribution in [-0.4, -0.2) is 26.4 Å². The van der Waals surface area contributed by atoms with Crippen molar-refractivity contribution in [1.29, 1.82) is 0 Å². The van der Waals surface area contributed by atoms with Gasteiger partial charge in [0, 0.05) is 22.3 Å². The number of benzene rings is 2. The average molecular weight is 478 g/mol. The molecule has 0 radical (unpaired) electrons. The molecule has 0 unspecified atom stereocenters. The van der Waals surface area contributed by atoms with Gasteiger partial charge in [-0.05, 0) is 42.8 Å². The Labute approximate surface area is 181 Å². The van der Waals surface area contributed by atoms with E-state index in [1.54, 1.807) is 6.08 Å². The maximum Gasteiger partial charge on any atom is 0.234 e. The summed E-state index contributed by atoms with van der Waals surface area (Å²) in [6, 6.07) is 13.2. The molecule has 144 valence electrons. The third-order valence-corrected chi connectivity index (χ3v) is 5.73. The summed E-state index contributed by atoms with van der Waals surface area (Å²) >= 11 is 11.0. The summed E-state index contributed by atoms with van der Waals surface area (Å²) in [5.41, 5.74) is 2.57. The fraction of sp³-hybridized carbons (Fsp3) is 0.150. The van der Waals surface area contributed by atoms with E-state index in [9.17, 15) is 4.79 Å². The number of carbonyl (C=O) groups excluding carboxylic acids is 1. The first-order valence-corrected chi connectivity index (χ1v) is 10.6. The van der Waals surface area contributed by atoms with Crippen LogP contribution in [0.5, 0.6) is 0 Å². The van der Waals surface area contributed by atoms with Gasteiger partial charge in [-0.25, -0.2) is 0 Å². The fourth-order valence-electron chi connectivity index (χ4n) is 2.61. The lowest BCUT2D eigenvalue weighted by atomic mass is 10.2. The molecule has 28 heavy (non-hydrogen) atoms. The molecule has 0 aliphatic heterocycles. The van der Waals surface area contributed by atoms with Crippen molar-refractivity contribution in [2.45, 2.75) is 18.6 Å². The Morgan fingerprint density at radius 1 is 1.32 bits per heavy atom. The number of nitrogens with one attached hydrogen (secondary N) is 1. The van der Waals surface area contributed by atoms with Gasteiger partial charge in [-0.15, -0.1) is 16.8 Å². The van der Waals surface area contributed by atoms with E-state index in [2.05, 4.69) is 38.0 Å². The number of allylic oxidation sites excluding steroid dienone is 1. The minimum Gasteiger partial charge on any atom is -0.325 e. The third kappa shape index (κ3) is 4.84. The fourth-order valence-corrected chi connectivity index (χ4v) is 4.06. The van der Waals surface area contributed by atoms with E-state index in [1.807, 2.05) is 54.0 Å². The SMILES string of the molecule is C=CCn1c(SCC(=O)Nc2ccc(Br)cc2C)nnc1-c1ccccc1Cl. The number of thioether (sulfide) groups is 1. The molecule has 8 heteroatoms. The van der Waals surface area contributed by atoms with Crippen molar-refractivity contribution < 1.29 is 4.79 Å². The second-order valence-electron chi connectivity index (χ2n) is 5.98. The molecule has 5 nitrogen and oxygen atoms in total. The summed E-state index contributed by atoms with van der Waals surface area (Å²) in [7, 11) is 0. The average Bonchev–Trinajstić information content (AvgIpc) is 3.06. The lowest BCUT2D eigenvalue weighted by molar-refractivity contribution is -0.113. The first kappa shape index (κ1) is 20.6. The zero-order chi connectivity index (χ0) is 20.1. The van der Waals surface area contributed by atoms with Gasteiger partial charge in [0.1, 0.15) is 0 Å². The largest absolute Gasteiger partial charge is 0.325 e. The zero-order valence-electron chi connectivity index (χ0n) is 15.2. The Kier molecular flexibility index (Phi) is 6.93. The van der Waals surface area contributed by atoms with Gasteiger partial charge in [0.05, 0.1) is 10.8 Å². The highest BCUT2D eigenvalue weighted by atomic mass is 79.9. The Balaban J connectivity index is 1.74. The van der Waals surface area contributed by atoms with Gasteiger partial charge in [-0.3, -0.25) is 9.36 Å². The van der Waals surface area contributed by atoms with Crippen LogP contribution < -0.4 is 5.32 Å². The van der Waals surface area contributed by atoms with E-state index in [-0.39, 0.29) is 11.7 Å². The molecule has 0 bridgehead atoms. The standard InChI is InChI=1S/C20H18BrClN4OS/c1-3-10-26-19(15-6-4-5-7-16(15)22)24-25-20(26)28-12-18(27)23-17-9-8-14(21)11-13(17)2/h3-9,11H,1,10,12H2,2H3,(H,23,27). The van der Waals surface area contributed by atoms with Crippen LogP contribution in [0.3, 0.4) is 0 Å². The van der Waals surface area contributed by atoms with Gasteiger partial charge >= 0.3 is 0 Å². The van der Waals surface area contributed by atoms with Crippen LogP contribution in [0.2, 0.25) is 5.02 Å². The minimum absolute atomic E-state index is 0.108. The Bertz CT molecular complexity index is 1020. The number of amides is 1. The summed E-state index contributed by atoms with van der Waals surface area (Å²) < 4.78 is 2.87. The number of hydrogen-bond acceptors (Lipinski definition) is 4. The van der Waals surface area contributed by atoms with Crippen LogP contribution in [-0.2, 0) is 11.3 Å². The highest BCUT2D eigenvalue weighted by Crippen LogP contribution is 2.29. The number of aromatic nitrogens is 3. The number of anilines is 1. The van der Waals surface area contributed by atoms with Crippen molar-refractivity contribution in [3.05, 3.63) is 70.2 Å². The van der Waals surface area contributed by atoms with Crippen LogP contribution in [0, 0.1) is 6.92 Å². The molecule has 0 aliphatic carbocycles. The topological polar surface area (TPSA) is 59.8 Å². The molecule has 0 saturated heterocycles. The molecule has 0 saturated carbocycles. The monoisotopic (exact) mass is 476 g/mol. The summed E-state index contributed by atoms with van der Waals surface area (Å²) in [4.78, 5) is 12.4. The molecule has 0 fully saturated rings. The smallest absolute Gasteiger partial charge is 0.234 e. The van der Waals surface area contributed by atoms with E-state index in [0.29, 0.717) is 22.5 Å². The molecule has 1 aromatic heterocycles. The lowest BCUT2D eigenvalue weighted by Crippen LogP contribution is -2.15. The highest BCUT2D eigenvalue weighted by molar-refractivity contribution is 9.10. The molecule has 1 heterocycles. The molecular formula is C20H18BrClN4OS. The quantitative estimate of drug-likeness (QED) is 0.356. The van der Waals surface area contributed by atoms with Gasteiger partial charge < -0.3 is 5.32 Å². The van der Waals surface area contributed by atoms with Gasteiger partial charge in [0.25, 0.3) is 0 Å². The van der Waals surface area contributed by atoms with Crippen LogP contribution >= 0.6 is 39.3 Å². The highest BCUT2D eigenvalue weighted by Gasteiger charge is 2.17. The zero-order valence-corrected chi connectivity index (χ0v) is 18.3. The Morgan fingerprint density at radius 3 is 2.82 bits per heavy atom. The van der Waals surface area contributed by atoms with Gasteiger partial charge in [-0.2, -0.15) is 0 Å². The van der Waals surface area contributed by atoms with E-state index in [0.717, 1.165) is 21.3 Å². The van der Waals surface area contributed by atoms with E-state index in [4.69, 9.17) is 11.6 Å². The van der Waals surface area contributed by atoms with E-state index >= 15 is 0 Å². The van der Waals surface area contributed by atoms with Gasteiger partial charge in [0.15, 0.2) is 11.0 Å². The molecule has 0 aliphatic rings. The summed E-state index contributed by atoms with van der Waals surface area (Å²) in [5.74, 6) is 0.757. The van der Waals surface area contributed by atoms with Crippen molar-refractivity contribution >= 4 is 50.9 Å². The number of halogens is 2. The molecule has 1 N–H and O–H groups in total. The van der Waals surface area contributed by atoms with Crippen LogP contribution in [0.1, 0.15) is 5.56 Å². The Morgan fingerprint density at radius 2 is 2.11 bits per heavy atom. The molecule has 3 rings (SSSR count). The maximum atomic E-state index is 12.4. The van der Waals surface area contributed by atoms with Crippen molar-refractivity contribution in [3.63, 3.8) is 0 Å². The molecule has 0 atom stereocenters. The third-order valence-electron chi connectivity index (χ3n) is 3.94. The van der Waals surface area contributed by atoms with Crippen LogP contribution in [0.15, 0.2) is 64.7 Å². The molecular weight excluding hydrogens is 460 g/mol. The number of aryl methyl sites for hydroxylation is 1. The van der Waals surface area contributed by atoms with Crippen LogP contribution in [0.25, 0.3) is 11.4 Å². The number of carbonyl (C=O) groups is 1. The van der Waals surface area contributed by atoms with E-state index < -0.39 is 0 Å². The first-order chi connectivity index (χ1) is 13.5. The van der Waals surface area contributed by atoms with E-state index in [1.165, 1.54) is 11.8 Å². The molecule has 1 amide bonds. The minimum atomic E-state index is -0.108. The predicted octanol–water partition coefficient (Wildman–Crippen LogP) is 5.59. The first-order valence-electron chi connectivity index (χ1n) is 8.47.